The van der Waals surface area contributed by atoms with Crippen molar-refractivity contribution < 1.29 is 23.1 Å². The Balaban J connectivity index is 3.75. The standard InChI is InChI=1S/C9H6Cl2O5S/c1-17(15,16)5-3-2-4(9(13)14)7(10)6(5)8(11)12/h2-3H,1H3,(H,13,14). The number of hydrogen-bond donors (Lipinski definition) is 1. The topological polar surface area (TPSA) is 88.5 Å². The van der Waals surface area contributed by atoms with Crippen molar-refractivity contribution in [2.45, 2.75) is 4.90 Å². The van der Waals surface area contributed by atoms with Crippen LogP contribution in [0.5, 0.6) is 0 Å². The highest BCUT2D eigenvalue weighted by atomic mass is 35.5. The molecular weight excluding hydrogens is 291 g/mol. The maximum Gasteiger partial charge on any atom is 0.337 e. The lowest BCUT2D eigenvalue weighted by atomic mass is 10.1. The number of aromatic carboxylic acids is 1. The molecule has 1 aromatic carbocycles. The lowest BCUT2D eigenvalue weighted by Crippen LogP contribution is -2.09. The van der Waals surface area contributed by atoms with Crippen LogP contribution in [0.25, 0.3) is 0 Å². The Morgan fingerprint density at radius 2 is 1.82 bits per heavy atom. The summed E-state index contributed by atoms with van der Waals surface area (Å²) < 4.78 is 22.7. The van der Waals surface area contributed by atoms with Crippen molar-refractivity contribution in [1.29, 1.82) is 0 Å². The van der Waals surface area contributed by atoms with E-state index in [0.717, 1.165) is 18.4 Å². The van der Waals surface area contributed by atoms with E-state index in [1.807, 2.05) is 0 Å². The van der Waals surface area contributed by atoms with Crippen LogP contribution in [0.2, 0.25) is 5.02 Å². The summed E-state index contributed by atoms with van der Waals surface area (Å²) in [6.45, 7) is 0. The minimum Gasteiger partial charge on any atom is -0.478 e. The van der Waals surface area contributed by atoms with E-state index in [9.17, 15) is 18.0 Å². The molecule has 1 N–H and O–H groups in total. The van der Waals surface area contributed by atoms with Crippen LogP contribution >= 0.6 is 23.2 Å². The van der Waals surface area contributed by atoms with E-state index >= 15 is 0 Å². The van der Waals surface area contributed by atoms with Gasteiger partial charge in [0.15, 0.2) is 9.84 Å². The summed E-state index contributed by atoms with van der Waals surface area (Å²) in [5.74, 6) is -1.38. The Bertz CT molecular complexity index is 606. The van der Waals surface area contributed by atoms with E-state index in [1.54, 1.807) is 0 Å². The van der Waals surface area contributed by atoms with Crippen LogP contribution in [0.1, 0.15) is 20.7 Å². The minimum absolute atomic E-state index is 0.386. The zero-order valence-corrected chi connectivity index (χ0v) is 10.7. The van der Waals surface area contributed by atoms with E-state index in [4.69, 9.17) is 28.3 Å². The molecule has 0 heterocycles. The summed E-state index contributed by atoms with van der Waals surface area (Å²) in [6, 6.07) is 1.99. The largest absolute Gasteiger partial charge is 0.478 e. The van der Waals surface area contributed by atoms with Crippen molar-refractivity contribution >= 4 is 44.3 Å². The number of carboxylic acids is 1. The Morgan fingerprint density at radius 3 is 2.18 bits per heavy atom. The second-order valence-corrected chi connectivity index (χ2v) is 5.86. The molecule has 1 rings (SSSR count). The molecule has 0 spiro atoms. The van der Waals surface area contributed by atoms with Crippen LogP contribution in [-0.2, 0) is 9.84 Å². The highest BCUT2D eigenvalue weighted by Gasteiger charge is 2.24. The first-order chi connectivity index (χ1) is 7.66. The second kappa shape index (κ2) is 4.64. The molecule has 0 unspecified atom stereocenters. The number of sulfone groups is 1. The van der Waals surface area contributed by atoms with Gasteiger partial charge in [-0.15, -0.1) is 0 Å². The van der Waals surface area contributed by atoms with Gasteiger partial charge in [-0.2, -0.15) is 0 Å². The molecular formula is C9H6Cl2O5S. The monoisotopic (exact) mass is 296 g/mol. The molecule has 17 heavy (non-hydrogen) atoms. The number of carbonyl (C=O) groups is 2. The SMILES string of the molecule is CS(=O)(=O)c1ccc(C(=O)O)c(Cl)c1C(=O)Cl. The first kappa shape index (κ1) is 14.0. The van der Waals surface area contributed by atoms with Crippen molar-refractivity contribution in [2.24, 2.45) is 0 Å². The fourth-order valence-electron chi connectivity index (χ4n) is 1.22. The predicted molar refractivity (Wildman–Crippen MR) is 61.7 cm³/mol. The molecule has 0 amide bonds. The Hall–Kier alpha value is -1.11. The quantitative estimate of drug-likeness (QED) is 0.860. The van der Waals surface area contributed by atoms with Gasteiger partial charge >= 0.3 is 5.97 Å². The summed E-state index contributed by atoms with van der Waals surface area (Å²) in [5.41, 5.74) is -0.904. The molecule has 0 fully saturated rings. The molecule has 0 aliphatic carbocycles. The fraction of sp³-hybridized carbons (Fsp3) is 0.111. The van der Waals surface area contributed by atoms with Gasteiger partial charge in [-0.05, 0) is 23.7 Å². The predicted octanol–water partition coefficient (Wildman–Crippen LogP) is 1.82. The fourth-order valence-corrected chi connectivity index (χ4v) is 2.78. The van der Waals surface area contributed by atoms with Crippen LogP contribution in [0.4, 0.5) is 0 Å². The van der Waals surface area contributed by atoms with E-state index < -0.39 is 36.5 Å². The van der Waals surface area contributed by atoms with Crippen molar-refractivity contribution in [2.75, 3.05) is 6.26 Å². The molecule has 0 saturated heterocycles. The average molecular weight is 297 g/mol. The van der Waals surface area contributed by atoms with E-state index in [1.165, 1.54) is 0 Å². The summed E-state index contributed by atoms with van der Waals surface area (Å²) >= 11 is 10.9. The Kier molecular flexibility index (Phi) is 3.81. The lowest BCUT2D eigenvalue weighted by molar-refractivity contribution is 0.0697. The van der Waals surface area contributed by atoms with Crippen LogP contribution in [-0.4, -0.2) is 31.0 Å². The van der Waals surface area contributed by atoms with Gasteiger partial charge < -0.3 is 5.11 Å². The lowest BCUT2D eigenvalue weighted by Gasteiger charge is -2.08. The molecule has 1 aromatic rings. The van der Waals surface area contributed by atoms with Gasteiger partial charge in [-0.1, -0.05) is 11.6 Å². The molecule has 0 saturated carbocycles. The first-order valence-corrected chi connectivity index (χ1v) is 6.76. The maximum atomic E-state index is 11.4. The number of halogens is 2. The van der Waals surface area contributed by atoms with Crippen molar-refractivity contribution in [3.63, 3.8) is 0 Å². The third-order valence-corrected chi connectivity index (χ3v) is 3.65. The Morgan fingerprint density at radius 1 is 1.29 bits per heavy atom. The molecule has 0 aromatic heterocycles. The Labute approximate surface area is 107 Å². The zero-order chi connectivity index (χ0) is 13.4. The molecule has 0 aliphatic rings. The third-order valence-electron chi connectivity index (χ3n) is 1.93. The van der Waals surface area contributed by atoms with Gasteiger partial charge in [0.25, 0.3) is 5.24 Å². The number of carbonyl (C=O) groups excluding carboxylic acids is 1. The smallest absolute Gasteiger partial charge is 0.337 e. The summed E-state index contributed by atoms with van der Waals surface area (Å²) in [4.78, 5) is 21.5. The minimum atomic E-state index is -3.73. The number of rotatable bonds is 3. The van der Waals surface area contributed by atoms with E-state index in [-0.39, 0.29) is 5.56 Å². The highest BCUT2D eigenvalue weighted by molar-refractivity contribution is 7.90. The van der Waals surface area contributed by atoms with Crippen molar-refractivity contribution in [1.82, 2.24) is 0 Å². The van der Waals surface area contributed by atoms with Gasteiger partial charge in [-0.3, -0.25) is 4.79 Å². The molecule has 0 aliphatic heterocycles. The molecule has 8 heteroatoms. The summed E-state index contributed by atoms with van der Waals surface area (Å²) in [7, 11) is -3.73. The van der Waals surface area contributed by atoms with Gasteiger partial charge in [0.2, 0.25) is 0 Å². The first-order valence-electron chi connectivity index (χ1n) is 4.12. The van der Waals surface area contributed by atoms with Gasteiger partial charge in [0.1, 0.15) is 0 Å². The highest BCUT2D eigenvalue weighted by Crippen LogP contribution is 2.29. The molecule has 0 radical (unpaired) electrons. The van der Waals surface area contributed by atoms with E-state index in [2.05, 4.69) is 0 Å². The molecule has 92 valence electrons. The average Bonchev–Trinajstić information content (AvgIpc) is 2.14. The van der Waals surface area contributed by atoms with Crippen molar-refractivity contribution in [3.05, 3.63) is 28.3 Å². The molecule has 0 bridgehead atoms. The zero-order valence-electron chi connectivity index (χ0n) is 8.40. The van der Waals surface area contributed by atoms with Crippen molar-refractivity contribution in [3.8, 4) is 0 Å². The van der Waals surface area contributed by atoms with Crippen LogP contribution in [0.15, 0.2) is 17.0 Å². The normalized spacial score (nSPS) is 11.2. The maximum absolute atomic E-state index is 11.4. The number of carboxylic acid groups (broad SMARTS) is 1. The second-order valence-electron chi connectivity index (χ2n) is 3.15. The number of benzene rings is 1. The van der Waals surface area contributed by atoms with Crippen LogP contribution in [0.3, 0.4) is 0 Å². The number of hydrogen-bond acceptors (Lipinski definition) is 4. The van der Waals surface area contributed by atoms with Gasteiger partial charge in [-0.25, -0.2) is 13.2 Å². The van der Waals surface area contributed by atoms with E-state index in [0.29, 0.717) is 0 Å². The summed E-state index contributed by atoms with van der Waals surface area (Å²) in [6.07, 6.45) is 0.864. The van der Waals surface area contributed by atoms with Gasteiger partial charge in [0, 0.05) is 6.26 Å². The van der Waals surface area contributed by atoms with Crippen LogP contribution < -0.4 is 0 Å². The molecule has 5 nitrogen and oxygen atoms in total. The summed E-state index contributed by atoms with van der Waals surface area (Å²) in [5, 5.41) is 7.17. The van der Waals surface area contributed by atoms with Crippen LogP contribution in [0, 0.1) is 0 Å². The third kappa shape index (κ3) is 2.77. The molecule has 0 atom stereocenters. The van der Waals surface area contributed by atoms with Gasteiger partial charge in [0.05, 0.1) is 21.0 Å².